The van der Waals surface area contributed by atoms with Gasteiger partial charge in [-0.1, -0.05) is 28.1 Å². The summed E-state index contributed by atoms with van der Waals surface area (Å²) in [5.74, 6) is 0. The molecule has 0 atom stereocenters. The number of hydrogen-bond donors (Lipinski definition) is 0. The van der Waals surface area contributed by atoms with Crippen molar-refractivity contribution in [2.24, 2.45) is 0 Å². The van der Waals surface area contributed by atoms with Crippen molar-refractivity contribution in [1.82, 2.24) is 0 Å². The molecule has 5 heteroatoms. The lowest BCUT2D eigenvalue weighted by Crippen LogP contribution is -1.97. The van der Waals surface area contributed by atoms with Gasteiger partial charge < -0.3 is 0 Å². The molecule has 0 fully saturated rings. The van der Waals surface area contributed by atoms with Gasteiger partial charge in [0.15, 0.2) is 0 Å². The molecule has 0 spiro atoms. The van der Waals surface area contributed by atoms with Crippen molar-refractivity contribution >= 4 is 35.7 Å². The van der Waals surface area contributed by atoms with E-state index in [9.17, 15) is 8.42 Å². The van der Waals surface area contributed by atoms with E-state index < -0.39 is 9.05 Å². The van der Waals surface area contributed by atoms with E-state index in [1.807, 2.05) is 6.07 Å². The van der Waals surface area contributed by atoms with Crippen molar-refractivity contribution in [3.8, 4) is 0 Å². The smallest absolute Gasteiger partial charge is 0.207 e. The third-order valence-electron chi connectivity index (χ3n) is 1.80. The van der Waals surface area contributed by atoms with Gasteiger partial charge in [-0.25, -0.2) is 8.42 Å². The second-order valence-corrected chi connectivity index (χ2v) is 5.71. The summed E-state index contributed by atoms with van der Waals surface area (Å²) < 4.78 is 22.1. The van der Waals surface area contributed by atoms with Crippen LogP contribution in [0.25, 0.3) is 0 Å². The fraction of sp³-hybridized carbons (Fsp3) is 0.250. The average molecular weight is 284 g/mol. The third kappa shape index (κ3) is 2.45. The molecule has 0 radical (unpaired) electrons. The fourth-order valence-electron chi connectivity index (χ4n) is 1.07. The molecule has 1 aromatic rings. The average Bonchev–Trinajstić information content (AvgIpc) is 2.02. The van der Waals surface area contributed by atoms with Gasteiger partial charge in [0.05, 0.1) is 4.90 Å². The van der Waals surface area contributed by atoms with Crippen LogP contribution < -0.4 is 0 Å². The first-order chi connectivity index (χ1) is 5.96. The van der Waals surface area contributed by atoms with Gasteiger partial charge in [-0.3, -0.25) is 0 Å². The summed E-state index contributed by atoms with van der Waals surface area (Å²) in [4.78, 5) is 0.186. The minimum absolute atomic E-state index is 0.186. The van der Waals surface area contributed by atoms with Crippen LogP contribution in [0.3, 0.4) is 0 Å². The molecule has 0 amide bonds. The highest BCUT2D eigenvalue weighted by atomic mass is 79.9. The molecule has 0 aromatic heterocycles. The van der Waals surface area contributed by atoms with E-state index >= 15 is 0 Å². The van der Waals surface area contributed by atoms with Gasteiger partial charge >= 0.3 is 0 Å². The zero-order valence-corrected chi connectivity index (χ0v) is 10.1. The van der Waals surface area contributed by atoms with E-state index in [0.717, 1.165) is 5.56 Å². The molecule has 0 heterocycles. The summed E-state index contributed by atoms with van der Waals surface area (Å²) >= 11 is 3.27. The maximum Gasteiger partial charge on any atom is 0.261 e. The Morgan fingerprint density at radius 3 is 2.54 bits per heavy atom. The first kappa shape index (κ1) is 11.0. The fourth-order valence-corrected chi connectivity index (χ4v) is 2.92. The number of rotatable bonds is 2. The Bertz CT molecular complexity index is 414. The number of benzene rings is 1. The van der Waals surface area contributed by atoms with E-state index in [0.29, 0.717) is 10.9 Å². The quantitative estimate of drug-likeness (QED) is 0.618. The monoisotopic (exact) mass is 282 g/mol. The van der Waals surface area contributed by atoms with Gasteiger partial charge in [0.2, 0.25) is 0 Å². The second-order valence-electron chi connectivity index (χ2n) is 2.61. The van der Waals surface area contributed by atoms with Crippen LogP contribution in [-0.4, -0.2) is 8.42 Å². The Labute approximate surface area is 90.5 Å². The molecule has 0 saturated heterocycles. The van der Waals surface area contributed by atoms with E-state index in [2.05, 4.69) is 15.9 Å². The van der Waals surface area contributed by atoms with Gasteiger partial charge in [0, 0.05) is 16.0 Å². The SMILES string of the molecule is Cc1c(CBr)cccc1S(=O)(=O)Cl. The minimum Gasteiger partial charge on any atom is -0.207 e. The van der Waals surface area contributed by atoms with E-state index in [4.69, 9.17) is 10.7 Å². The Kier molecular flexibility index (Phi) is 3.38. The molecule has 1 aromatic carbocycles. The highest BCUT2D eigenvalue weighted by molar-refractivity contribution is 9.08. The molecule has 0 bridgehead atoms. The molecule has 13 heavy (non-hydrogen) atoms. The summed E-state index contributed by atoms with van der Waals surface area (Å²) in [7, 11) is 1.63. The minimum atomic E-state index is -3.61. The molecule has 0 aliphatic carbocycles. The lowest BCUT2D eigenvalue weighted by atomic mass is 10.1. The van der Waals surface area contributed by atoms with Crippen molar-refractivity contribution in [1.29, 1.82) is 0 Å². The Morgan fingerprint density at radius 1 is 1.46 bits per heavy atom. The van der Waals surface area contributed by atoms with Crippen molar-refractivity contribution in [2.75, 3.05) is 0 Å². The van der Waals surface area contributed by atoms with Gasteiger partial charge in [-0.05, 0) is 24.1 Å². The maximum absolute atomic E-state index is 11.1. The molecule has 1 rings (SSSR count). The second kappa shape index (κ2) is 3.98. The van der Waals surface area contributed by atoms with Crippen LogP contribution in [0.15, 0.2) is 23.1 Å². The first-order valence-electron chi connectivity index (χ1n) is 3.56. The lowest BCUT2D eigenvalue weighted by molar-refractivity contribution is 0.609. The predicted octanol–water partition coefficient (Wildman–Crippen LogP) is 2.82. The van der Waals surface area contributed by atoms with E-state index in [1.54, 1.807) is 13.0 Å². The number of alkyl halides is 1. The molecule has 0 N–H and O–H groups in total. The highest BCUT2D eigenvalue weighted by Crippen LogP contribution is 2.23. The van der Waals surface area contributed by atoms with E-state index in [-0.39, 0.29) is 4.90 Å². The molecule has 0 aliphatic rings. The largest absolute Gasteiger partial charge is 0.261 e. The maximum atomic E-state index is 11.1. The zero-order valence-electron chi connectivity index (χ0n) is 6.92. The summed E-state index contributed by atoms with van der Waals surface area (Å²) in [6.07, 6.45) is 0. The summed E-state index contributed by atoms with van der Waals surface area (Å²) in [5, 5.41) is 0.624. The zero-order chi connectivity index (χ0) is 10.1. The van der Waals surface area contributed by atoms with Crippen molar-refractivity contribution < 1.29 is 8.42 Å². The van der Waals surface area contributed by atoms with Gasteiger partial charge in [-0.2, -0.15) is 0 Å². The van der Waals surface area contributed by atoms with Crippen molar-refractivity contribution in [3.05, 3.63) is 29.3 Å². The first-order valence-corrected chi connectivity index (χ1v) is 6.99. The predicted molar refractivity (Wildman–Crippen MR) is 56.8 cm³/mol. The van der Waals surface area contributed by atoms with E-state index in [1.165, 1.54) is 6.07 Å². The normalized spacial score (nSPS) is 11.6. The Balaban J connectivity index is 3.41. The van der Waals surface area contributed by atoms with Gasteiger partial charge in [0.25, 0.3) is 9.05 Å². The molecule has 0 aliphatic heterocycles. The molecule has 2 nitrogen and oxygen atoms in total. The number of hydrogen-bond acceptors (Lipinski definition) is 2. The van der Waals surface area contributed by atoms with Crippen LogP contribution in [0.4, 0.5) is 0 Å². The highest BCUT2D eigenvalue weighted by Gasteiger charge is 2.14. The molecule has 0 saturated carbocycles. The van der Waals surface area contributed by atoms with Crippen molar-refractivity contribution in [3.63, 3.8) is 0 Å². The van der Waals surface area contributed by atoms with Gasteiger partial charge in [-0.15, -0.1) is 0 Å². The van der Waals surface area contributed by atoms with Crippen LogP contribution in [0, 0.1) is 6.92 Å². The van der Waals surface area contributed by atoms with Gasteiger partial charge in [0.1, 0.15) is 0 Å². The Hall–Kier alpha value is -0.0600. The topological polar surface area (TPSA) is 34.1 Å². The van der Waals surface area contributed by atoms with Crippen LogP contribution in [-0.2, 0) is 14.4 Å². The number of halogens is 2. The lowest BCUT2D eigenvalue weighted by Gasteiger charge is -2.05. The molecule has 72 valence electrons. The standard InChI is InChI=1S/C8H8BrClO2S/c1-6-7(5-9)3-2-4-8(6)13(10,11)12/h2-4H,5H2,1H3. The molecular weight excluding hydrogens is 276 g/mol. The van der Waals surface area contributed by atoms with Crippen LogP contribution >= 0.6 is 26.6 Å². The summed E-state index contributed by atoms with van der Waals surface area (Å²) in [6, 6.07) is 5.04. The Morgan fingerprint density at radius 2 is 2.08 bits per heavy atom. The summed E-state index contributed by atoms with van der Waals surface area (Å²) in [5.41, 5.74) is 1.64. The summed E-state index contributed by atoms with van der Waals surface area (Å²) in [6.45, 7) is 1.74. The van der Waals surface area contributed by atoms with Crippen molar-refractivity contribution in [2.45, 2.75) is 17.1 Å². The third-order valence-corrected chi connectivity index (χ3v) is 3.87. The van der Waals surface area contributed by atoms with Crippen LogP contribution in [0.2, 0.25) is 0 Å². The molecule has 0 unspecified atom stereocenters. The van der Waals surface area contributed by atoms with Crippen LogP contribution in [0.1, 0.15) is 11.1 Å². The molecular formula is C8H8BrClO2S. The van der Waals surface area contributed by atoms with Crippen LogP contribution in [0.5, 0.6) is 0 Å².